The largest absolute Gasteiger partial charge is 0.480 e. The summed E-state index contributed by atoms with van der Waals surface area (Å²) < 4.78 is 11.2. The van der Waals surface area contributed by atoms with Gasteiger partial charge in [-0.25, -0.2) is 4.79 Å². The summed E-state index contributed by atoms with van der Waals surface area (Å²) in [6.45, 7) is 5.69. The fourth-order valence-corrected chi connectivity index (χ4v) is 2.74. The van der Waals surface area contributed by atoms with Gasteiger partial charge in [0, 0.05) is 12.3 Å². The van der Waals surface area contributed by atoms with Gasteiger partial charge in [-0.2, -0.15) is 0 Å². The molecule has 3 aromatic rings. The van der Waals surface area contributed by atoms with Crippen LogP contribution < -0.4 is 15.7 Å². The van der Waals surface area contributed by atoms with Crippen molar-refractivity contribution in [2.45, 2.75) is 33.4 Å². The van der Waals surface area contributed by atoms with E-state index in [9.17, 15) is 9.59 Å². The van der Waals surface area contributed by atoms with E-state index in [-0.39, 0.29) is 5.91 Å². The van der Waals surface area contributed by atoms with Crippen LogP contribution in [0.1, 0.15) is 23.7 Å². The van der Waals surface area contributed by atoms with Crippen LogP contribution in [0.3, 0.4) is 0 Å². The number of carbonyl (C=O) groups excluding carboxylic acids is 1. The fraction of sp³-hybridized carbons (Fsp3) is 0.250. The number of nitrogens with zero attached hydrogens (tertiary/aromatic N) is 1. The molecule has 0 radical (unpaired) electrons. The second kappa shape index (κ2) is 7.39. The monoisotopic (exact) mass is 352 g/mol. The van der Waals surface area contributed by atoms with Crippen LogP contribution in [0.4, 0.5) is 0 Å². The van der Waals surface area contributed by atoms with Crippen molar-refractivity contribution in [3.05, 3.63) is 69.8 Å². The maximum Gasteiger partial charge on any atom is 0.336 e. The third kappa shape index (κ3) is 3.91. The van der Waals surface area contributed by atoms with E-state index in [2.05, 4.69) is 10.3 Å². The molecule has 0 saturated heterocycles. The minimum atomic E-state index is -0.713. The zero-order valence-electron chi connectivity index (χ0n) is 14.9. The molecular weight excluding hydrogens is 332 g/mol. The van der Waals surface area contributed by atoms with Crippen molar-refractivity contribution < 1.29 is 13.9 Å². The molecular formula is C20H20N2O4. The summed E-state index contributed by atoms with van der Waals surface area (Å²) in [4.78, 5) is 28.1. The van der Waals surface area contributed by atoms with Gasteiger partial charge in [-0.3, -0.25) is 9.78 Å². The highest BCUT2D eigenvalue weighted by Gasteiger charge is 2.18. The van der Waals surface area contributed by atoms with Gasteiger partial charge >= 0.3 is 5.63 Å². The first-order chi connectivity index (χ1) is 12.4. The Morgan fingerprint density at radius 3 is 2.81 bits per heavy atom. The van der Waals surface area contributed by atoms with E-state index in [4.69, 9.17) is 9.15 Å². The van der Waals surface area contributed by atoms with Crippen LogP contribution in [0.2, 0.25) is 0 Å². The number of nitrogens with one attached hydrogen (secondary N) is 1. The second-order valence-electron chi connectivity index (χ2n) is 6.18. The van der Waals surface area contributed by atoms with Crippen LogP contribution >= 0.6 is 0 Å². The van der Waals surface area contributed by atoms with Gasteiger partial charge in [0.1, 0.15) is 11.3 Å². The van der Waals surface area contributed by atoms with Crippen LogP contribution in [0.15, 0.2) is 51.8 Å². The number of aryl methyl sites for hydroxylation is 2. The summed E-state index contributed by atoms with van der Waals surface area (Å²) in [5, 5.41) is 3.50. The number of ether oxygens (including phenoxy) is 1. The molecule has 134 valence electrons. The van der Waals surface area contributed by atoms with Crippen LogP contribution in [-0.4, -0.2) is 17.0 Å². The smallest absolute Gasteiger partial charge is 0.336 e. The lowest BCUT2D eigenvalue weighted by Crippen LogP contribution is -2.36. The Morgan fingerprint density at radius 2 is 2.08 bits per heavy atom. The zero-order chi connectivity index (χ0) is 18.7. The lowest BCUT2D eigenvalue weighted by atomic mass is 10.1. The Morgan fingerprint density at radius 1 is 1.27 bits per heavy atom. The molecule has 0 aliphatic heterocycles. The van der Waals surface area contributed by atoms with Crippen molar-refractivity contribution in [1.82, 2.24) is 10.3 Å². The molecule has 1 atom stereocenters. The predicted molar refractivity (Wildman–Crippen MR) is 98.1 cm³/mol. The summed E-state index contributed by atoms with van der Waals surface area (Å²) >= 11 is 0. The first-order valence-electron chi connectivity index (χ1n) is 8.33. The summed E-state index contributed by atoms with van der Waals surface area (Å²) in [6.07, 6.45) is 0.965. The number of aromatic nitrogens is 1. The first kappa shape index (κ1) is 17.7. The van der Waals surface area contributed by atoms with Crippen molar-refractivity contribution in [3.8, 4) is 5.75 Å². The quantitative estimate of drug-likeness (QED) is 0.714. The summed E-state index contributed by atoms with van der Waals surface area (Å²) in [6, 6.07) is 10.5. The van der Waals surface area contributed by atoms with Gasteiger partial charge in [0.15, 0.2) is 6.10 Å². The Kier molecular flexibility index (Phi) is 5.02. The average molecular weight is 352 g/mol. The van der Waals surface area contributed by atoms with E-state index in [1.54, 1.807) is 19.2 Å². The van der Waals surface area contributed by atoms with Gasteiger partial charge in [-0.1, -0.05) is 6.07 Å². The molecule has 3 rings (SSSR count). The van der Waals surface area contributed by atoms with Crippen molar-refractivity contribution in [2.75, 3.05) is 0 Å². The molecule has 2 heterocycles. The molecule has 1 amide bonds. The van der Waals surface area contributed by atoms with Gasteiger partial charge < -0.3 is 14.5 Å². The van der Waals surface area contributed by atoms with Crippen molar-refractivity contribution >= 4 is 16.9 Å². The van der Waals surface area contributed by atoms with Crippen LogP contribution in [0.25, 0.3) is 11.0 Å². The highest BCUT2D eigenvalue weighted by molar-refractivity contribution is 5.88. The standard InChI is InChI=1S/C20H20N2O4/c1-12-8-16(19-13(2)10-18(23)26-17(19)9-12)25-14(3)20(24)22-11-15-6-4-5-7-21-15/h4-10,14H,11H2,1-3H3,(H,22,24). The number of carbonyl (C=O) groups is 1. The topological polar surface area (TPSA) is 81.4 Å². The molecule has 2 aromatic heterocycles. The molecule has 1 N–H and O–H groups in total. The van der Waals surface area contributed by atoms with E-state index < -0.39 is 11.7 Å². The zero-order valence-corrected chi connectivity index (χ0v) is 14.9. The number of benzene rings is 1. The molecule has 0 bridgehead atoms. The minimum Gasteiger partial charge on any atom is -0.480 e. The number of pyridine rings is 1. The van der Waals surface area contributed by atoms with Crippen molar-refractivity contribution in [3.63, 3.8) is 0 Å². The minimum absolute atomic E-state index is 0.250. The van der Waals surface area contributed by atoms with Crippen molar-refractivity contribution in [1.29, 1.82) is 0 Å². The number of amides is 1. The van der Waals surface area contributed by atoms with Crippen LogP contribution in [-0.2, 0) is 11.3 Å². The molecule has 0 spiro atoms. The van der Waals surface area contributed by atoms with Gasteiger partial charge in [0.05, 0.1) is 17.6 Å². The molecule has 0 fully saturated rings. The number of hydrogen-bond acceptors (Lipinski definition) is 5. The summed E-state index contributed by atoms with van der Waals surface area (Å²) in [5.41, 5.74) is 2.43. The normalized spacial score (nSPS) is 12.0. The van der Waals surface area contributed by atoms with E-state index in [1.807, 2.05) is 38.1 Å². The van der Waals surface area contributed by atoms with E-state index in [0.29, 0.717) is 23.3 Å². The number of hydrogen-bond donors (Lipinski definition) is 1. The van der Waals surface area contributed by atoms with Gasteiger partial charge in [-0.15, -0.1) is 0 Å². The lowest BCUT2D eigenvalue weighted by Gasteiger charge is -2.17. The number of fused-ring (bicyclic) bond motifs is 1. The Labute approximate surface area is 150 Å². The maximum absolute atomic E-state index is 12.3. The third-order valence-electron chi connectivity index (χ3n) is 3.99. The molecule has 26 heavy (non-hydrogen) atoms. The summed E-state index contributed by atoms with van der Waals surface area (Å²) in [5.74, 6) is 0.266. The van der Waals surface area contributed by atoms with E-state index in [0.717, 1.165) is 16.8 Å². The highest BCUT2D eigenvalue weighted by Crippen LogP contribution is 2.30. The molecule has 0 aliphatic carbocycles. The maximum atomic E-state index is 12.3. The van der Waals surface area contributed by atoms with Gasteiger partial charge in [-0.05, 0) is 56.2 Å². The van der Waals surface area contributed by atoms with Gasteiger partial charge in [0.2, 0.25) is 0 Å². The molecule has 6 heteroatoms. The van der Waals surface area contributed by atoms with Crippen LogP contribution in [0, 0.1) is 13.8 Å². The SMILES string of the molecule is Cc1cc(OC(C)C(=O)NCc2ccccn2)c2c(C)cc(=O)oc2c1. The second-order valence-corrected chi connectivity index (χ2v) is 6.18. The molecule has 1 aromatic carbocycles. The predicted octanol–water partition coefficient (Wildman–Crippen LogP) is 2.89. The molecule has 0 saturated carbocycles. The van der Waals surface area contributed by atoms with Crippen LogP contribution in [0.5, 0.6) is 5.75 Å². The Balaban J connectivity index is 1.79. The highest BCUT2D eigenvalue weighted by atomic mass is 16.5. The summed E-state index contributed by atoms with van der Waals surface area (Å²) in [7, 11) is 0. The third-order valence-corrected chi connectivity index (χ3v) is 3.99. The van der Waals surface area contributed by atoms with E-state index in [1.165, 1.54) is 6.07 Å². The Bertz CT molecular complexity index is 996. The average Bonchev–Trinajstić information content (AvgIpc) is 2.59. The van der Waals surface area contributed by atoms with E-state index >= 15 is 0 Å². The first-order valence-corrected chi connectivity index (χ1v) is 8.33. The Hall–Kier alpha value is -3.15. The molecule has 1 unspecified atom stereocenters. The lowest BCUT2D eigenvalue weighted by molar-refractivity contribution is -0.127. The fourth-order valence-electron chi connectivity index (χ4n) is 2.74. The van der Waals surface area contributed by atoms with Gasteiger partial charge in [0.25, 0.3) is 5.91 Å². The molecule has 0 aliphatic rings. The molecule has 6 nitrogen and oxygen atoms in total. The number of rotatable bonds is 5. The van der Waals surface area contributed by atoms with Crippen molar-refractivity contribution in [2.24, 2.45) is 0 Å².